The number of amides is 1. The molecule has 1 fully saturated rings. The first-order chi connectivity index (χ1) is 17.3. The van der Waals surface area contributed by atoms with Crippen LogP contribution in [0.2, 0.25) is 0 Å². The number of nitrogens with zero attached hydrogens (tertiary/aromatic N) is 2. The number of carbonyl (C=O) groups is 2. The van der Waals surface area contributed by atoms with Crippen LogP contribution in [-0.4, -0.2) is 24.9 Å². The Kier molecular flexibility index (Phi) is 7.73. The summed E-state index contributed by atoms with van der Waals surface area (Å²) in [5.41, 5.74) is 0.170. The van der Waals surface area contributed by atoms with E-state index >= 15 is 0 Å². The summed E-state index contributed by atoms with van der Waals surface area (Å²) < 4.78 is 45.2. The van der Waals surface area contributed by atoms with Crippen molar-refractivity contribution >= 4 is 23.1 Å². The van der Waals surface area contributed by atoms with Gasteiger partial charge in [0.15, 0.2) is 12.6 Å². The average molecular weight is 500 g/mol. The van der Waals surface area contributed by atoms with Crippen molar-refractivity contribution in [3.8, 4) is 0 Å². The number of nitrogens with one attached hydrogen (secondary N) is 2. The number of anilines is 2. The Labute approximate surface area is 206 Å². The van der Waals surface area contributed by atoms with Gasteiger partial charge in [0.1, 0.15) is 0 Å². The van der Waals surface area contributed by atoms with E-state index in [0.717, 1.165) is 11.6 Å². The molecule has 188 valence electrons. The van der Waals surface area contributed by atoms with Crippen LogP contribution in [-0.2, 0) is 27.0 Å². The van der Waals surface area contributed by atoms with Gasteiger partial charge >= 0.3 is 6.18 Å². The molecule has 2 aromatic carbocycles. The predicted octanol–water partition coefficient (Wildman–Crippen LogP) is 5.72. The lowest BCUT2D eigenvalue weighted by molar-refractivity contribution is -0.137. The number of ether oxygens (including phenoxy) is 1. The number of allylic oxidation sites excluding steroid dienone is 1. The van der Waals surface area contributed by atoms with E-state index in [-0.39, 0.29) is 30.3 Å². The van der Waals surface area contributed by atoms with Gasteiger partial charge in [-0.25, -0.2) is 0 Å². The fourth-order valence-electron chi connectivity index (χ4n) is 4.26. The number of rotatable bonds is 10. The van der Waals surface area contributed by atoms with Gasteiger partial charge in [0, 0.05) is 25.3 Å². The molecule has 1 amide bonds. The summed E-state index contributed by atoms with van der Waals surface area (Å²) in [6.07, 6.45) is -0.995. The number of benzene rings is 2. The minimum atomic E-state index is -4.46. The molecule has 4 rings (SSSR count). The van der Waals surface area contributed by atoms with E-state index in [2.05, 4.69) is 20.9 Å². The highest BCUT2D eigenvalue weighted by Gasteiger charge is 2.42. The van der Waals surface area contributed by atoms with Crippen LogP contribution in [0.15, 0.2) is 70.5 Å². The molecule has 36 heavy (non-hydrogen) atoms. The van der Waals surface area contributed by atoms with Gasteiger partial charge < -0.3 is 15.4 Å². The summed E-state index contributed by atoms with van der Waals surface area (Å²) in [5.74, 6) is -0.240. The first kappa shape index (κ1) is 25.4. The Bertz CT molecular complexity index is 1150. The summed E-state index contributed by atoms with van der Waals surface area (Å²) in [6, 6.07) is 12.1. The van der Waals surface area contributed by atoms with Crippen LogP contribution in [0.3, 0.4) is 0 Å². The van der Waals surface area contributed by atoms with Crippen molar-refractivity contribution in [1.82, 2.24) is 5.32 Å². The van der Waals surface area contributed by atoms with Gasteiger partial charge in [0.05, 0.1) is 23.3 Å². The van der Waals surface area contributed by atoms with Crippen LogP contribution >= 0.6 is 0 Å². The Morgan fingerprint density at radius 1 is 1.11 bits per heavy atom. The fourth-order valence-corrected chi connectivity index (χ4v) is 4.26. The summed E-state index contributed by atoms with van der Waals surface area (Å²) in [6.45, 7) is 2.51. The number of Topliss-reactive ketones (excluding diaryl/α,β-unsaturated/α-hetero) is 1. The molecule has 2 aliphatic heterocycles. The Morgan fingerprint density at radius 3 is 2.56 bits per heavy atom. The maximum absolute atomic E-state index is 13.2. The molecule has 0 saturated carbocycles. The summed E-state index contributed by atoms with van der Waals surface area (Å²) >= 11 is 0. The summed E-state index contributed by atoms with van der Waals surface area (Å²) in [7, 11) is 0. The standard InChI is InChI=1S/C26H25F3N4O3/c27-26(28,29)20-4-1-2-5-21(20)32-19-9-7-18(8-10-19)16-30-24(35)25(13-15-36-17-25)12-3-6-23(34)22-11-14-31-33-22/h1-2,4-5,7-11,14,32H,3,6,12-13,15-17H2/p+1. The number of alkyl halides is 3. The van der Waals surface area contributed by atoms with Gasteiger partial charge in [-0.05, 0) is 59.3 Å². The number of para-hydroxylation sites is 1. The summed E-state index contributed by atoms with van der Waals surface area (Å²) in [4.78, 5) is 25.2. The third kappa shape index (κ3) is 6.12. The third-order valence-corrected chi connectivity index (χ3v) is 6.31. The van der Waals surface area contributed by atoms with E-state index in [1.54, 1.807) is 30.3 Å². The van der Waals surface area contributed by atoms with E-state index < -0.39 is 17.2 Å². The zero-order valence-corrected chi connectivity index (χ0v) is 19.5. The molecular formula is C26H26F3N4O3+. The maximum Gasteiger partial charge on any atom is 0.418 e. The Balaban J connectivity index is 1.31. The first-order valence-corrected chi connectivity index (χ1v) is 11.6. The molecule has 2 heterocycles. The van der Waals surface area contributed by atoms with Crippen LogP contribution in [0, 0.1) is 12.0 Å². The van der Waals surface area contributed by atoms with E-state index in [9.17, 15) is 22.8 Å². The SMILES string of the molecule is O=C(CCCC1(C(=O)NCc2ccc(Nc3ccccc3C(F)(F)F)cc2)CCOC1)C1=C[CH+]N=N1. The second-order valence-electron chi connectivity index (χ2n) is 8.82. The monoisotopic (exact) mass is 499 g/mol. The number of ketones is 1. The second-order valence-corrected chi connectivity index (χ2v) is 8.82. The predicted molar refractivity (Wildman–Crippen MR) is 127 cm³/mol. The lowest BCUT2D eigenvalue weighted by Gasteiger charge is -2.26. The number of hydrogen-bond acceptors (Lipinski definition) is 6. The molecule has 1 atom stereocenters. The van der Waals surface area contributed by atoms with Crippen molar-refractivity contribution in [1.29, 1.82) is 0 Å². The van der Waals surface area contributed by atoms with E-state index in [4.69, 9.17) is 4.74 Å². The normalized spacial score (nSPS) is 19.0. The van der Waals surface area contributed by atoms with Crippen molar-refractivity contribution in [2.24, 2.45) is 15.6 Å². The Hall–Kier alpha value is -3.66. The lowest BCUT2D eigenvalue weighted by atomic mass is 9.80. The molecule has 0 bridgehead atoms. The molecule has 2 aromatic rings. The quantitative estimate of drug-likeness (QED) is 0.409. The highest BCUT2D eigenvalue weighted by atomic mass is 19.4. The van der Waals surface area contributed by atoms with Crippen LogP contribution in [0.25, 0.3) is 0 Å². The van der Waals surface area contributed by atoms with E-state index in [1.165, 1.54) is 24.7 Å². The number of carbonyl (C=O) groups excluding carboxylic acids is 2. The van der Waals surface area contributed by atoms with E-state index in [1.807, 2.05) is 0 Å². The molecule has 2 N–H and O–H groups in total. The average Bonchev–Trinajstić information content (AvgIpc) is 3.56. The highest BCUT2D eigenvalue weighted by molar-refractivity contribution is 5.95. The van der Waals surface area contributed by atoms with Gasteiger partial charge in [0.25, 0.3) is 11.5 Å². The summed E-state index contributed by atoms with van der Waals surface area (Å²) in [5, 5.41) is 13.2. The molecule has 0 spiro atoms. The minimum absolute atomic E-state index is 0.0295. The molecular weight excluding hydrogens is 473 g/mol. The first-order valence-electron chi connectivity index (χ1n) is 11.6. The number of hydrogen-bond donors (Lipinski definition) is 2. The molecule has 0 radical (unpaired) electrons. The van der Waals surface area contributed by atoms with Gasteiger partial charge in [-0.1, -0.05) is 24.3 Å². The molecule has 1 unspecified atom stereocenters. The molecule has 2 aliphatic rings. The van der Waals surface area contributed by atoms with Gasteiger partial charge in [-0.2, -0.15) is 13.2 Å². The highest BCUT2D eigenvalue weighted by Crippen LogP contribution is 2.36. The van der Waals surface area contributed by atoms with Gasteiger partial charge in [0.2, 0.25) is 5.91 Å². The van der Waals surface area contributed by atoms with Gasteiger partial charge in [-0.3, -0.25) is 9.59 Å². The van der Waals surface area contributed by atoms with Crippen LogP contribution in [0.1, 0.15) is 36.8 Å². The van der Waals surface area contributed by atoms with Crippen molar-refractivity contribution in [2.75, 3.05) is 18.5 Å². The molecule has 0 aromatic heterocycles. The zero-order valence-electron chi connectivity index (χ0n) is 19.5. The van der Waals surface area contributed by atoms with Crippen LogP contribution in [0.5, 0.6) is 0 Å². The molecule has 7 nitrogen and oxygen atoms in total. The van der Waals surface area contributed by atoms with Gasteiger partial charge in [-0.15, -0.1) is 0 Å². The number of azo groups is 1. The zero-order chi connectivity index (χ0) is 25.6. The van der Waals surface area contributed by atoms with Crippen molar-refractivity contribution < 1.29 is 27.5 Å². The molecule has 10 heteroatoms. The largest absolute Gasteiger partial charge is 0.418 e. The van der Waals surface area contributed by atoms with Crippen molar-refractivity contribution in [2.45, 2.75) is 38.4 Å². The molecule has 1 saturated heterocycles. The topological polar surface area (TPSA) is 92.2 Å². The smallest absolute Gasteiger partial charge is 0.380 e. The Morgan fingerprint density at radius 2 is 1.89 bits per heavy atom. The van der Waals surface area contributed by atoms with Crippen molar-refractivity contribution in [3.05, 3.63) is 78.0 Å². The number of halogens is 3. The fraction of sp³-hybridized carbons (Fsp3) is 0.346. The van der Waals surface area contributed by atoms with E-state index in [0.29, 0.717) is 43.9 Å². The van der Waals surface area contributed by atoms with Crippen LogP contribution < -0.4 is 10.6 Å². The minimum Gasteiger partial charge on any atom is -0.380 e. The van der Waals surface area contributed by atoms with Crippen molar-refractivity contribution in [3.63, 3.8) is 0 Å². The van der Waals surface area contributed by atoms with Crippen LogP contribution in [0.4, 0.5) is 24.5 Å². The third-order valence-electron chi connectivity index (χ3n) is 6.31. The lowest BCUT2D eigenvalue weighted by Crippen LogP contribution is -2.41. The maximum atomic E-state index is 13.2. The molecule has 0 aliphatic carbocycles. The second kappa shape index (κ2) is 10.9.